The van der Waals surface area contributed by atoms with Crippen LogP contribution in [-0.4, -0.2) is 23.7 Å². The summed E-state index contributed by atoms with van der Waals surface area (Å²) in [5, 5.41) is 0.781. The second-order valence-corrected chi connectivity index (χ2v) is 8.06. The normalized spacial score (nSPS) is 14.2. The number of benzene rings is 1. The fourth-order valence-electron chi connectivity index (χ4n) is 3.74. The van der Waals surface area contributed by atoms with Crippen LogP contribution in [0.2, 0.25) is 0 Å². The van der Waals surface area contributed by atoms with Crippen molar-refractivity contribution in [2.24, 2.45) is 0 Å². The maximum atomic E-state index is 12.9. The predicted molar refractivity (Wildman–Crippen MR) is 114 cm³/mol. The first kappa shape index (κ1) is 18.7. The molecule has 6 heteroatoms. The molecule has 0 spiro atoms. The SMILES string of the molecule is C=CCOc1ccc(-c2nc3sc4c(c3c(=O)[nH]2)CCCCCC4)cc1OC. The summed E-state index contributed by atoms with van der Waals surface area (Å²) in [7, 11) is 1.60. The van der Waals surface area contributed by atoms with Crippen LogP contribution in [0.25, 0.3) is 21.6 Å². The highest BCUT2D eigenvalue weighted by Crippen LogP contribution is 2.35. The van der Waals surface area contributed by atoms with E-state index in [1.54, 1.807) is 24.5 Å². The Morgan fingerprint density at radius 2 is 2.04 bits per heavy atom. The van der Waals surface area contributed by atoms with Gasteiger partial charge in [-0.2, -0.15) is 0 Å². The fraction of sp³-hybridized carbons (Fsp3) is 0.364. The van der Waals surface area contributed by atoms with Gasteiger partial charge in [-0.15, -0.1) is 11.3 Å². The number of nitrogens with zero attached hydrogens (tertiary/aromatic N) is 1. The molecule has 1 aromatic carbocycles. The first-order valence-corrected chi connectivity index (χ1v) is 10.5. The third-order valence-electron chi connectivity index (χ3n) is 5.12. The summed E-state index contributed by atoms with van der Waals surface area (Å²) in [4.78, 5) is 22.8. The lowest BCUT2D eigenvalue weighted by atomic mass is 9.98. The van der Waals surface area contributed by atoms with Gasteiger partial charge in [0.25, 0.3) is 5.56 Å². The number of H-pyrrole nitrogens is 1. The maximum absolute atomic E-state index is 12.9. The standard InChI is InChI=1S/C22H24N2O3S/c1-3-12-27-16-11-10-14(13-17(16)26-2)20-23-21(25)19-15-8-6-4-5-7-9-18(15)28-22(19)24-20/h3,10-11,13H,1,4-9,12H2,2H3,(H,23,24,25). The molecular weight excluding hydrogens is 372 g/mol. The van der Waals surface area contributed by atoms with Gasteiger partial charge in [0.1, 0.15) is 17.3 Å². The Hall–Kier alpha value is -2.60. The molecule has 0 atom stereocenters. The highest BCUT2D eigenvalue weighted by Gasteiger charge is 2.19. The lowest BCUT2D eigenvalue weighted by Gasteiger charge is -2.11. The summed E-state index contributed by atoms with van der Waals surface area (Å²) in [6.45, 7) is 4.06. The molecule has 0 aliphatic heterocycles. The molecule has 2 heterocycles. The second kappa shape index (κ2) is 8.19. The van der Waals surface area contributed by atoms with Crippen LogP contribution in [0.15, 0.2) is 35.6 Å². The van der Waals surface area contributed by atoms with E-state index in [2.05, 4.69) is 11.6 Å². The number of hydrogen-bond acceptors (Lipinski definition) is 5. The number of ether oxygens (including phenoxy) is 2. The fourth-order valence-corrected chi connectivity index (χ4v) is 5.00. The number of aryl methyl sites for hydroxylation is 2. The molecule has 0 fully saturated rings. The molecule has 2 aromatic heterocycles. The van der Waals surface area contributed by atoms with E-state index < -0.39 is 0 Å². The van der Waals surface area contributed by atoms with Crippen molar-refractivity contribution in [3.8, 4) is 22.9 Å². The van der Waals surface area contributed by atoms with Gasteiger partial charge in [-0.1, -0.05) is 25.5 Å². The Bertz CT molecular complexity index is 1070. The second-order valence-electron chi connectivity index (χ2n) is 6.98. The third-order valence-corrected chi connectivity index (χ3v) is 6.30. The van der Waals surface area contributed by atoms with Crippen molar-refractivity contribution in [3.63, 3.8) is 0 Å². The molecule has 1 aliphatic rings. The van der Waals surface area contributed by atoms with E-state index in [0.717, 1.165) is 35.0 Å². The number of aromatic nitrogens is 2. The summed E-state index contributed by atoms with van der Waals surface area (Å²) < 4.78 is 11.0. The van der Waals surface area contributed by atoms with Crippen LogP contribution in [0.1, 0.15) is 36.1 Å². The summed E-state index contributed by atoms with van der Waals surface area (Å²) >= 11 is 1.67. The highest BCUT2D eigenvalue weighted by atomic mass is 32.1. The highest BCUT2D eigenvalue weighted by molar-refractivity contribution is 7.18. The smallest absolute Gasteiger partial charge is 0.260 e. The van der Waals surface area contributed by atoms with Gasteiger partial charge in [0.05, 0.1) is 12.5 Å². The van der Waals surface area contributed by atoms with Gasteiger partial charge in [-0.3, -0.25) is 4.79 Å². The largest absolute Gasteiger partial charge is 0.493 e. The first-order chi connectivity index (χ1) is 13.7. The van der Waals surface area contributed by atoms with Crippen LogP contribution in [0.4, 0.5) is 0 Å². The van der Waals surface area contributed by atoms with Gasteiger partial charge < -0.3 is 14.5 Å². The van der Waals surface area contributed by atoms with Gasteiger partial charge in [-0.25, -0.2) is 4.98 Å². The molecule has 5 nitrogen and oxygen atoms in total. The molecule has 0 saturated heterocycles. The topological polar surface area (TPSA) is 64.2 Å². The van der Waals surface area contributed by atoms with Crippen LogP contribution in [0.3, 0.4) is 0 Å². The van der Waals surface area contributed by atoms with Crippen LogP contribution < -0.4 is 15.0 Å². The van der Waals surface area contributed by atoms with E-state index in [9.17, 15) is 4.79 Å². The summed E-state index contributed by atoms with van der Waals surface area (Å²) in [6, 6.07) is 5.55. The first-order valence-electron chi connectivity index (χ1n) is 9.68. The van der Waals surface area contributed by atoms with Crippen LogP contribution in [0.5, 0.6) is 11.5 Å². The average molecular weight is 397 g/mol. The lowest BCUT2D eigenvalue weighted by molar-refractivity contribution is 0.326. The maximum Gasteiger partial charge on any atom is 0.260 e. The molecule has 1 aliphatic carbocycles. The zero-order chi connectivity index (χ0) is 19.5. The Labute approximate surface area is 168 Å². The zero-order valence-electron chi connectivity index (χ0n) is 16.0. The molecular formula is C22H24N2O3S. The van der Waals surface area contributed by atoms with Crippen LogP contribution in [0, 0.1) is 0 Å². The van der Waals surface area contributed by atoms with Crippen molar-refractivity contribution in [2.75, 3.05) is 13.7 Å². The summed E-state index contributed by atoms with van der Waals surface area (Å²) in [6.07, 6.45) is 8.54. The molecule has 3 aromatic rings. The van der Waals surface area contributed by atoms with Gasteiger partial charge in [0, 0.05) is 10.4 Å². The van der Waals surface area contributed by atoms with Gasteiger partial charge in [0.15, 0.2) is 11.5 Å². The molecule has 4 rings (SSSR count). The third kappa shape index (κ3) is 3.56. The Morgan fingerprint density at radius 1 is 1.21 bits per heavy atom. The number of thiophene rings is 1. The van der Waals surface area contributed by atoms with Crippen LogP contribution in [-0.2, 0) is 12.8 Å². The van der Waals surface area contributed by atoms with Crippen molar-refractivity contribution in [3.05, 3.63) is 51.6 Å². The van der Waals surface area contributed by atoms with E-state index in [-0.39, 0.29) is 5.56 Å². The number of nitrogens with one attached hydrogen (secondary N) is 1. The quantitative estimate of drug-likeness (QED) is 0.624. The number of rotatable bonds is 5. The van der Waals surface area contributed by atoms with E-state index >= 15 is 0 Å². The van der Waals surface area contributed by atoms with Gasteiger partial charge in [0.2, 0.25) is 0 Å². The Morgan fingerprint density at radius 3 is 2.82 bits per heavy atom. The van der Waals surface area contributed by atoms with Gasteiger partial charge >= 0.3 is 0 Å². The summed E-state index contributed by atoms with van der Waals surface area (Å²) in [5.74, 6) is 1.79. The van der Waals surface area contributed by atoms with E-state index in [1.807, 2.05) is 18.2 Å². The lowest BCUT2D eigenvalue weighted by Crippen LogP contribution is -2.10. The predicted octanol–water partition coefficient (Wildman–Crippen LogP) is 4.88. The molecule has 1 N–H and O–H groups in total. The van der Waals surface area contributed by atoms with E-state index in [4.69, 9.17) is 14.5 Å². The summed E-state index contributed by atoms with van der Waals surface area (Å²) in [5.41, 5.74) is 1.96. The minimum atomic E-state index is -0.0518. The molecule has 28 heavy (non-hydrogen) atoms. The Kier molecular flexibility index (Phi) is 5.48. The van der Waals surface area contributed by atoms with E-state index in [0.29, 0.717) is 23.9 Å². The van der Waals surface area contributed by atoms with Crippen molar-refractivity contribution in [2.45, 2.75) is 38.5 Å². The monoisotopic (exact) mass is 396 g/mol. The van der Waals surface area contributed by atoms with Crippen molar-refractivity contribution in [1.29, 1.82) is 0 Å². The van der Waals surface area contributed by atoms with E-state index in [1.165, 1.54) is 29.7 Å². The molecule has 146 valence electrons. The molecule has 0 unspecified atom stereocenters. The average Bonchev–Trinajstić information content (AvgIpc) is 3.03. The molecule has 0 saturated carbocycles. The minimum Gasteiger partial charge on any atom is -0.493 e. The van der Waals surface area contributed by atoms with Crippen molar-refractivity contribution < 1.29 is 9.47 Å². The number of aromatic amines is 1. The minimum absolute atomic E-state index is 0.0518. The molecule has 0 radical (unpaired) electrons. The molecule has 0 bridgehead atoms. The Balaban J connectivity index is 1.77. The van der Waals surface area contributed by atoms with Crippen LogP contribution >= 0.6 is 11.3 Å². The number of fused-ring (bicyclic) bond motifs is 3. The van der Waals surface area contributed by atoms with Crippen molar-refractivity contribution >= 4 is 21.6 Å². The molecule has 0 amide bonds. The number of methoxy groups -OCH3 is 1. The van der Waals surface area contributed by atoms with Crippen molar-refractivity contribution in [1.82, 2.24) is 9.97 Å². The zero-order valence-corrected chi connectivity index (χ0v) is 16.9. The van der Waals surface area contributed by atoms with Gasteiger partial charge in [-0.05, 0) is 49.4 Å². The number of hydrogen-bond donors (Lipinski definition) is 1.